The standard InChI is InChI=1S/C27H40O3S/c1-19-7-10-23(28)18-22(19)9-8-21-6-5-14-26(3)24(11-12-25(21)26)20(2)13-15-27(16-17-27)31(4,29)30/h8-9,13,15,20,23-25,28H,1,5-7,10-12,14,16-18H2,2-4H3/b15-13+,21-8+,22-9-/t20?,23?,24?,25-,26+/m0/s1. The number of fused-ring (bicyclic) bond motifs is 1. The summed E-state index contributed by atoms with van der Waals surface area (Å²) in [6.45, 7) is 8.98. The molecule has 4 rings (SSSR count). The minimum atomic E-state index is -3.01. The molecule has 4 fully saturated rings. The summed E-state index contributed by atoms with van der Waals surface area (Å²) in [6.07, 6.45) is 20.1. The van der Waals surface area contributed by atoms with Gasteiger partial charge >= 0.3 is 0 Å². The predicted molar refractivity (Wildman–Crippen MR) is 128 cm³/mol. The molecule has 0 aliphatic heterocycles. The summed E-state index contributed by atoms with van der Waals surface area (Å²) in [4.78, 5) is 0. The number of aliphatic hydroxyl groups is 1. The van der Waals surface area contributed by atoms with Crippen LogP contribution in [-0.2, 0) is 9.84 Å². The molecule has 0 radical (unpaired) electrons. The molecule has 0 aromatic rings. The van der Waals surface area contributed by atoms with Crippen molar-refractivity contribution in [2.75, 3.05) is 6.26 Å². The van der Waals surface area contributed by atoms with Crippen molar-refractivity contribution in [1.82, 2.24) is 0 Å². The van der Waals surface area contributed by atoms with Crippen LogP contribution in [0, 0.1) is 23.2 Å². The molecule has 0 bridgehead atoms. The molecule has 31 heavy (non-hydrogen) atoms. The fraction of sp³-hybridized carbons (Fsp3) is 0.704. The lowest BCUT2D eigenvalue weighted by molar-refractivity contribution is 0.112. The van der Waals surface area contributed by atoms with Crippen molar-refractivity contribution in [2.45, 2.75) is 88.9 Å². The lowest BCUT2D eigenvalue weighted by Crippen LogP contribution is -2.35. The van der Waals surface area contributed by atoms with Crippen LogP contribution in [0.25, 0.3) is 0 Å². The summed E-state index contributed by atoms with van der Waals surface area (Å²) in [7, 11) is -3.01. The Kier molecular flexibility index (Phi) is 6.20. The summed E-state index contributed by atoms with van der Waals surface area (Å²) in [6, 6.07) is 0. The molecule has 3 nitrogen and oxygen atoms in total. The number of hydrogen-bond donors (Lipinski definition) is 1. The molecule has 0 spiro atoms. The van der Waals surface area contributed by atoms with E-state index in [4.69, 9.17) is 0 Å². The molecular formula is C27H40O3S. The quantitative estimate of drug-likeness (QED) is 0.535. The zero-order valence-electron chi connectivity index (χ0n) is 19.6. The van der Waals surface area contributed by atoms with E-state index in [0.29, 0.717) is 17.8 Å². The first kappa shape index (κ1) is 23.0. The fourth-order valence-electron chi connectivity index (χ4n) is 6.78. The van der Waals surface area contributed by atoms with E-state index < -0.39 is 14.6 Å². The van der Waals surface area contributed by atoms with Crippen LogP contribution in [0.3, 0.4) is 0 Å². The second-order valence-electron chi connectivity index (χ2n) is 11.1. The van der Waals surface area contributed by atoms with Gasteiger partial charge in [0.15, 0.2) is 9.84 Å². The monoisotopic (exact) mass is 444 g/mol. The lowest BCUT2D eigenvalue weighted by atomic mass is 9.61. The maximum atomic E-state index is 12.1. The lowest BCUT2D eigenvalue weighted by Gasteiger charge is -2.44. The van der Waals surface area contributed by atoms with E-state index in [-0.39, 0.29) is 11.5 Å². The van der Waals surface area contributed by atoms with Crippen molar-refractivity contribution in [2.24, 2.45) is 23.2 Å². The third-order valence-corrected chi connectivity index (χ3v) is 11.1. The molecule has 5 atom stereocenters. The number of aliphatic hydroxyl groups excluding tert-OH is 1. The summed E-state index contributed by atoms with van der Waals surface area (Å²) in [5.74, 6) is 1.62. The van der Waals surface area contributed by atoms with Crippen LogP contribution in [-0.4, -0.2) is 30.6 Å². The van der Waals surface area contributed by atoms with Gasteiger partial charge in [0.05, 0.1) is 10.9 Å². The minimum Gasteiger partial charge on any atom is -0.393 e. The Bertz CT molecular complexity index is 918. The molecule has 4 aliphatic rings. The average molecular weight is 445 g/mol. The smallest absolute Gasteiger partial charge is 0.156 e. The molecule has 4 aliphatic carbocycles. The van der Waals surface area contributed by atoms with Crippen molar-refractivity contribution in [3.8, 4) is 0 Å². The van der Waals surface area contributed by atoms with Crippen LogP contribution in [0.5, 0.6) is 0 Å². The number of sulfone groups is 1. The molecule has 0 heterocycles. The van der Waals surface area contributed by atoms with Crippen molar-refractivity contribution < 1.29 is 13.5 Å². The molecule has 0 amide bonds. The highest BCUT2D eigenvalue weighted by atomic mass is 32.2. The molecule has 1 N–H and O–H groups in total. The van der Waals surface area contributed by atoms with E-state index in [9.17, 15) is 13.5 Å². The Morgan fingerprint density at radius 3 is 2.55 bits per heavy atom. The summed E-state index contributed by atoms with van der Waals surface area (Å²) >= 11 is 0. The summed E-state index contributed by atoms with van der Waals surface area (Å²) in [5, 5.41) is 10.0. The Hall–Kier alpha value is -1.13. The Labute approximate surface area is 189 Å². The van der Waals surface area contributed by atoms with Crippen LogP contribution in [0.4, 0.5) is 0 Å². The molecule has 0 aromatic heterocycles. The highest BCUT2D eigenvalue weighted by molar-refractivity contribution is 7.92. The third-order valence-electron chi connectivity index (χ3n) is 9.04. The highest BCUT2D eigenvalue weighted by Crippen LogP contribution is 2.59. The second kappa shape index (κ2) is 8.33. The van der Waals surface area contributed by atoms with Crippen LogP contribution >= 0.6 is 0 Å². The zero-order chi connectivity index (χ0) is 22.4. The van der Waals surface area contributed by atoms with Crippen LogP contribution in [0.1, 0.15) is 78.1 Å². The first-order valence-electron chi connectivity index (χ1n) is 12.2. The van der Waals surface area contributed by atoms with E-state index >= 15 is 0 Å². The summed E-state index contributed by atoms with van der Waals surface area (Å²) in [5.41, 5.74) is 4.27. The number of allylic oxidation sites excluding steroid dienone is 5. The van der Waals surface area contributed by atoms with Crippen molar-refractivity contribution >= 4 is 9.84 Å². The summed E-state index contributed by atoms with van der Waals surface area (Å²) < 4.78 is 23.7. The second-order valence-corrected chi connectivity index (χ2v) is 13.4. The van der Waals surface area contributed by atoms with Gasteiger partial charge in [0.25, 0.3) is 0 Å². The van der Waals surface area contributed by atoms with Gasteiger partial charge in [0.2, 0.25) is 0 Å². The Morgan fingerprint density at radius 1 is 1.13 bits per heavy atom. The molecule has 0 saturated heterocycles. The molecular weight excluding hydrogens is 404 g/mol. The van der Waals surface area contributed by atoms with Gasteiger partial charge in [-0.3, -0.25) is 0 Å². The van der Waals surface area contributed by atoms with Crippen molar-refractivity contribution in [3.63, 3.8) is 0 Å². The zero-order valence-corrected chi connectivity index (χ0v) is 20.4. The van der Waals surface area contributed by atoms with E-state index in [1.807, 2.05) is 6.08 Å². The third kappa shape index (κ3) is 4.39. The predicted octanol–water partition coefficient (Wildman–Crippen LogP) is 5.93. The van der Waals surface area contributed by atoms with Crippen LogP contribution in [0.15, 0.2) is 47.6 Å². The Morgan fingerprint density at radius 2 is 1.87 bits per heavy atom. The SMILES string of the molecule is C=C1CCC(O)C/C1=C/C=C1\CCC[C@]2(C)C(C(C)/C=C/C3(S(C)(=O)=O)CC3)CC[C@@H]12. The highest BCUT2D eigenvalue weighted by Gasteiger charge is 2.52. The molecule has 4 heteroatoms. The van der Waals surface area contributed by atoms with Gasteiger partial charge < -0.3 is 5.11 Å². The minimum absolute atomic E-state index is 0.225. The molecule has 0 aromatic carbocycles. The first-order valence-corrected chi connectivity index (χ1v) is 14.1. The van der Waals surface area contributed by atoms with E-state index in [0.717, 1.165) is 32.1 Å². The Balaban J connectivity index is 1.51. The molecule has 3 unspecified atom stereocenters. The van der Waals surface area contributed by atoms with E-state index in [1.54, 1.807) is 5.57 Å². The van der Waals surface area contributed by atoms with Gasteiger partial charge in [-0.2, -0.15) is 0 Å². The van der Waals surface area contributed by atoms with Gasteiger partial charge in [0, 0.05) is 6.26 Å². The molecule has 4 saturated carbocycles. The van der Waals surface area contributed by atoms with Gasteiger partial charge in [-0.1, -0.05) is 55.9 Å². The fourth-order valence-corrected chi connectivity index (χ4v) is 7.95. The van der Waals surface area contributed by atoms with E-state index in [1.165, 1.54) is 49.5 Å². The maximum absolute atomic E-state index is 12.1. The topological polar surface area (TPSA) is 54.4 Å². The van der Waals surface area contributed by atoms with Gasteiger partial charge in [0.1, 0.15) is 0 Å². The van der Waals surface area contributed by atoms with Gasteiger partial charge in [-0.25, -0.2) is 8.42 Å². The number of rotatable bonds is 5. The molecule has 172 valence electrons. The van der Waals surface area contributed by atoms with Crippen molar-refractivity contribution in [1.29, 1.82) is 0 Å². The normalized spacial score (nSPS) is 39.2. The first-order chi connectivity index (χ1) is 14.6. The van der Waals surface area contributed by atoms with Gasteiger partial charge in [-0.05, 0) is 93.0 Å². The largest absolute Gasteiger partial charge is 0.393 e. The average Bonchev–Trinajstić information content (AvgIpc) is 3.42. The van der Waals surface area contributed by atoms with Crippen LogP contribution in [0.2, 0.25) is 0 Å². The van der Waals surface area contributed by atoms with Gasteiger partial charge in [-0.15, -0.1) is 0 Å². The number of hydrogen-bond acceptors (Lipinski definition) is 3. The van der Waals surface area contributed by atoms with Crippen molar-refractivity contribution in [3.05, 3.63) is 47.6 Å². The maximum Gasteiger partial charge on any atom is 0.156 e. The van der Waals surface area contributed by atoms with E-state index in [2.05, 4.69) is 38.7 Å². The van der Waals surface area contributed by atoms with Crippen LogP contribution < -0.4 is 0 Å².